The van der Waals surface area contributed by atoms with Gasteiger partial charge in [0.05, 0.1) is 10.2 Å². The fourth-order valence-corrected chi connectivity index (χ4v) is 3.89. The van der Waals surface area contributed by atoms with Crippen LogP contribution in [0.1, 0.15) is 32.6 Å². The maximum Gasteiger partial charge on any atom is 0.235 e. The molecule has 1 atom stereocenters. The number of likely N-dealkylation sites (tertiary alicyclic amines) is 1. The summed E-state index contributed by atoms with van der Waals surface area (Å²) in [7, 11) is 0. The summed E-state index contributed by atoms with van der Waals surface area (Å²) in [6.07, 6.45) is 4.04. The normalized spacial score (nSPS) is 28.1. The minimum atomic E-state index is -0.0467. The molecule has 2 aliphatic rings. The minimum Gasteiger partial charge on any atom is -0.393 e. The summed E-state index contributed by atoms with van der Waals surface area (Å²) in [5.41, 5.74) is 5.72. The number of hydrogen-bond donors (Lipinski definition) is 1. The van der Waals surface area contributed by atoms with Crippen LogP contribution in [0, 0.1) is 5.41 Å². The number of piperidine rings is 1. The van der Waals surface area contributed by atoms with Gasteiger partial charge in [-0.05, 0) is 31.4 Å². The minimum absolute atomic E-state index is 0.0467. The molecule has 0 aromatic rings. The van der Waals surface area contributed by atoms with Crippen molar-refractivity contribution < 1.29 is 4.79 Å². The standard InChI is InChI=1S/C12H20N2OS2/c1-12(11(13)16)4-6-14(7-5-12)10(15)9-3-2-8-17-9/h9H,2-8H2,1H3,(H2,13,16). The van der Waals surface area contributed by atoms with Gasteiger partial charge in [0.2, 0.25) is 5.91 Å². The van der Waals surface area contributed by atoms with E-state index in [0.717, 1.165) is 38.1 Å². The summed E-state index contributed by atoms with van der Waals surface area (Å²) in [6.45, 7) is 3.73. The van der Waals surface area contributed by atoms with E-state index < -0.39 is 0 Å². The highest BCUT2D eigenvalue weighted by molar-refractivity contribution is 8.00. The Bertz CT molecular complexity index is 318. The van der Waals surface area contributed by atoms with Gasteiger partial charge in [0, 0.05) is 18.5 Å². The lowest BCUT2D eigenvalue weighted by molar-refractivity contribution is -0.132. The fraction of sp³-hybridized carbons (Fsp3) is 0.833. The van der Waals surface area contributed by atoms with Crippen molar-refractivity contribution in [2.24, 2.45) is 11.1 Å². The van der Waals surface area contributed by atoms with Gasteiger partial charge < -0.3 is 10.6 Å². The van der Waals surface area contributed by atoms with Gasteiger partial charge in [0.25, 0.3) is 0 Å². The first-order valence-corrected chi connectivity index (χ1v) is 7.69. The number of hydrogen-bond acceptors (Lipinski definition) is 3. The molecule has 5 heteroatoms. The summed E-state index contributed by atoms with van der Waals surface area (Å²) < 4.78 is 0. The SMILES string of the molecule is CC1(C(N)=S)CCN(C(=O)C2CCCS2)CC1. The van der Waals surface area contributed by atoms with Gasteiger partial charge >= 0.3 is 0 Å². The Morgan fingerprint density at radius 3 is 2.59 bits per heavy atom. The molecule has 0 saturated carbocycles. The van der Waals surface area contributed by atoms with E-state index in [2.05, 4.69) is 6.92 Å². The molecule has 1 unspecified atom stereocenters. The Hall–Kier alpha value is -0.290. The molecule has 0 spiro atoms. The van der Waals surface area contributed by atoms with Crippen LogP contribution in [0.3, 0.4) is 0 Å². The van der Waals surface area contributed by atoms with Crippen LogP contribution in [0.2, 0.25) is 0 Å². The second-order valence-electron chi connectivity index (χ2n) is 5.25. The average Bonchev–Trinajstić information content (AvgIpc) is 2.82. The van der Waals surface area contributed by atoms with Gasteiger partial charge in [-0.15, -0.1) is 11.8 Å². The molecule has 0 aromatic carbocycles. The zero-order valence-electron chi connectivity index (χ0n) is 10.3. The Morgan fingerprint density at radius 2 is 2.12 bits per heavy atom. The van der Waals surface area contributed by atoms with E-state index in [1.165, 1.54) is 6.42 Å². The Labute approximate surface area is 112 Å². The number of carbonyl (C=O) groups excluding carboxylic acids is 1. The number of rotatable bonds is 2. The Morgan fingerprint density at radius 1 is 1.47 bits per heavy atom. The second kappa shape index (κ2) is 5.14. The highest BCUT2D eigenvalue weighted by Crippen LogP contribution is 2.33. The number of nitrogens with two attached hydrogens (primary N) is 1. The number of amides is 1. The molecule has 0 aliphatic carbocycles. The lowest BCUT2D eigenvalue weighted by atomic mass is 9.80. The summed E-state index contributed by atoms with van der Waals surface area (Å²) in [6, 6.07) is 0. The first-order chi connectivity index (χ1) is 8.03. The topological polar surface area (TPSA) is 46.3 Å². The van der Waals surface area contributed by atoms with Gasteiger partial charge in [0.15, 0.2) is 0 Å². The zero-order chi connectivity index (χ0) is 12.5. The fourth-order valence-electron chi connectivity index (χ4n) is 2.44. The van der Waals surface area contributed by atoms with Crippen LogP contribution in [0.25, 0.3) is 0 Å². The van der Waals surface area contributed by atoms with Crippen LogP contribution < -0.4 is 5.73 Å². The molecule has 2 saturated heterocycles. The van der Waals surface area contributed by atoms with E-state index in [1.807, 2.05) is 16.7 Å². The number of nitrogens with zero attached hydrogens (tertiary/aromatic N) is 1. The lowest BCUT2D eigenvalue weighted by Crippen LogP contribution is -2.48. The Balaban J connectivity index is 1.90. The van der Waals surface area contributed by atoms with Gasteiger partial charge in [-0.1, -0.05) is 19.1 Å². The lowest BCUT2D eigenvalue weighted by Gasteiger charge is -2.39. The van der Waals surface area contributed by atoms with Crippen molar-refractivity contribution in [1.82, 2.24) is 4.90 Å². The smallest absolute Gasteiger partial charge is 0.235 e. The molecule has 2 N–H and O–H groups in total. The quantitative estimate of drug-likeness (QED) is 0.779. The molecular formula is C12H20N2OS2. The van der Waals surface area contributed by atoms with Gasteiger partial charge in [0.1, 0.15) is 0 Å². The van der Waals surface area contributed by atoms with Crippen LogP contribution in [-0.4, -0.2) is 39.9 Å². The first kappa shape index (κ1) is 13.1. The van der Waals surface area contributed by atoms with E-state index >= 15 is 0 Å². The zero-order valence-corrected chi connectivity index (χ0v) is 11.9. The molecule has 2 fully saturated rings. The van der Waals surface area contributed by atoms with Crippen molar-refractivity contribution in [1.29, 1.82) is 0 Å². The van der Waals surface area contributed by atoms with Crippen LogP contribution in [0.15, 0.2) is 0 Å². The van der Waals surface area contributed by atoms with E-state index in [0.29, 0.717) is 10.9 Å². The van der Waals surface area contributed by atoms with Gasteiger partial charge in [-0.2, -0.15) is 0 Å². The molecule has 0 aromatic heterocycles. The van der Waals surface area contributed by atoms with Crippen molar-refractivity contribution in [3.05, 3.63) is 0 Å². The van der Waals surface area contributed by atoms with Crippen LogP contribution >= 0.6 is 24.0 Å². The third-order valence-corrected chi connectivity index (χ3v) is 5.84. The van der Waals surface area contributed by atoms with Gasteiger partial charge in [-0.25, -0.2) is 0 Å². The summed E-state index contributed by atoms with van der Waals surface area (Å²) in [5, 5.41) is 0.212. The highest BCUT2D eigenvalue weighted by Gasteiger charge is 2.36. The highest BCUT2D eigenvalue weighted by atomic mass is 32.2. The molecule has 3 nitrogen and oxygen atoms in total. The van der Waals surface area contributed by atoms with E-state index in [1.54, 1.807) is 0 Å². The van der Waals surface area contributed by atoms with Crippen molar-refractivity contribution in [3.8, 4) is 0 Å². The molecule has 2 aliphatic heterocycles. The predicted octanol–water partition coefficient (Wildman–Crippen LogP) is 1.80. The van der Waals surface area contributed by atoms with E-state index in [9.17, 15) is 4.79 Å². The van der Waals surface area contributed by atoms with Crippen molar-refractivity contribution >= 4 is 34.9 Å². The Kier molecular flexibility index (Phi) is 3.98. The monoisotopic (exact) mass is 272 g/mol. The predicted molar refractivity (Wildman–Crippen MR) is 76.2 cm³/mol. The maximum absolute atomic E-state index is 12.2. The average molecular weight is 272 g/mol. The van der Waals surface area contributed by atoms with Crippen LogP contribution in [0.4, 0.5) is 0 Å². The van der Waals surface area contributed by atoms with Gasteiger partial charge in [-0.3, -0.25) is 4.79 Å². The summed E-state index contributed by atoms with van der Waals surface area (Å²) in [4.78, 5) is 14.8. The molecule has 2 heterocycles. The maximum atomic E-state index is 12.2. The molecule has 0 bridgehead atoms. The molecule has 2 rings (SSSR count). The molecule has 96 valence electrons. The second-order valence-corrected chi connectivity index (χ2v) is 7.00. The van der Waals surface area contributed by atoms with E-state index in [-0.39, 0.29) is 10.7 Å². The molecule has 0 radical (unpaired) electrons. The van der Waals surface area contributed by atoms with Crippen molar-refractivity contribution in [2.75, 3.05) is 18.8 Å². The number of thioether (sulfide) groups is 1. The van der Waals surface area contributed by atoms with Crippen LogP contribution in [0.5, 0.6) is 0 Å². The third kappa shape index (κ3) is 2.76. The van der Waals surface area contributed by atoms with Crippen molar-refractivity contribution in [2.45, 2.75) is 37.9 Å². The summed E-state index contributed by atoms with van der Waals surface area (Å²) in [5.74, 6) is 1.46. The van der Waals surface area contributed by atoms with Crippen molar-refractivity contribution in [3.63, 3.8) is 0 Å². The largest absolute Gasteiger partial charge is 0.393 e. The first-order valence-electron chi connectivity index (χ1n) is 6.23. The molecule has 1 amide bonds. The van der Waals surface area contributed by atoms with E-state index in [4.69, 9.17) is 18.0 Å². The molecule has 17 heavy (non-hydrogen) atoms. The van der Waals surface area contributed by atoms with Crippen LogP contribution in [-0.2, 0) is 4.79 Å². The molecular weight excluding hydrogens is 252 g/mol. The number of carbonyl (C=O) groups is 1. The third-order valence-electron chi connectivity index (χ3n) is 3.98. The number of thiocarbonyl (C=S) groups is 1. The summed E-state index contributed by atoms with van der Waals surface area (Å²) >= 11 is 6.92.